The second-order valence-corrected chi connectivity index (χ2v) is 7.79. The summed E-state index contributed by atoms with van der Waals surface area (Å²) in [6, 6.07) is 7.17. The number of carbonyl (C=O) groups excluding carboxylic acids is 1. The van der Waals surface area contributed by atoms with Gasteiger partial charge in [0.05, 0.1) is 11.8 Å². The van der Waals surface area contributed by atoms with Crippen molar-refractivity contribution in [1.82, 2.24) is 9.91 Å². The van der Waals surface area contributed by atoms with Crippen LogP contribution in [0.3, 0.4) is 0 Å². The predicted molar refractivity (Wildman–Crippen MR) is 103 cm³/mol. The van der Waals surface area contributed by atoms with E-state index in [2.05, 4.69) is 41.3 Å². The second-order valence-electron chi connectivity index (χ2n) is 7.79. The van der Waals surface area contributed by atoms with Crippen LogP contribution in [0.4, 0.5) is 0 Å². The van der Waals surface area contributed by atoms with Crippen molar-refractivity contribution in [2.45, 2.75) is 51.0 Å². The minimum atomic E-state index is 0.200. The van der Waals surface area contributed by atoms with Gasteiger partial charge in [-0.1, -0.05) is 18.2 Å². The zero-order valence-corrected chi connectivity index (χ0v) is 15.2. The lowest BCUT2D eigenvalue weighted by atomic mass is 9.91. The number of nitrogens with zero attached hydrogens (tertiary/aromatic N) is 3. The smallest absolute Gasteiger partial charge is 0.243 e. The fraction of sp³-hybridized carbons (Fsp3) is 0.455. The highest BCUT2D eigenvalue weighted by atomic mass is 16.2. The molecule has 26 heavy (non-hydrogen) atoms. The molecule has 1 fully saturated rings. The van der Waals surface area contributed by atoms with Crippen LogP contribution in [0.2, 0.25) is 0 Å². The van der Waals surface area contributed by atoms with E-state index in [4.69, 9.17) is 5.10 Å². The van der Waals surface area contributed by atoms with Gasteiger partial charge in [0, 0.05) is 31.6 Å². The number of amides is 1. The van der Waals surface area contributed by atoms with Gasteiger partial charge in [0.1, 0.15) is 0 Å². The summed E-state index contributed by atoms with van der Waals surface area (Å²) in [5, 5.41) is 6.55. The van der Waals surface area contributed by atoms with Gasteiger partial charge in [0.25, 0.3) is 0 Å². The third-order valence-electron chi connectivity index (χ3n) is 6.22. The molecular formula is C22H25N3O. The topological polar surface area (TPSA) is 35.9 Å². The highest BCUT2D eigenvalue weighted by molar-refractivity contribution is 6.04. The molecule has 0 radical (unpaired) electrons. The van der Waals surface area contributed by atoms with E-state index in [-0.39, 0.29) is 5.91 Å². The first kappa shape index (κ1) is 15.9. The van der Waals surface area contributed by atoms with Gasteiger partial charge in [-0.15, -0.1) is 0 Å². The van der Waals surface area contributed by atoms with E-state index in [1.54, 1.807) is 5.01 Å². The summed E-state index contributed by atoms with van der Waals surface area (Å²) < 4.78 is 0. The summed E-state index contributed by atoms with van der Waals surface area (Å²) in [4.78, 5) is 14.7. The van der Waals surface area contributed by atoms with Crippen LogP contribution in [0.1, 0.15) is 48.8 Å². The van der Waals surface area contributed by atoms with E-state index in [1.807, 2.05) is 0 Å². The van der Waals surface area contributed by atoms with Crippen LogP contribution in [0, 0.1) is 0 Å². The van der Waals surface area contributed by atoms with Crippen LogP contribution >= 0.6 is 0 Å². The fourth-order valence-electron chi connectivity index (χ4n) is 4.25. The molecule has 0 unspecified atom stereocenters. The minimum Gasteiger partial charge on any atom is -0.371 e. The molecule has 0 atom stereocenters. The lowest BCUT2D eigenvalue weighted by Crippen LogP contribution is -2.43. The van der Waals surface area contributed by atoms with Gasteiger partial charge >= 0.3 is 0 Å². The Kier molecular flexibility index (Phi) is 3.92. The number of benzene rings is 1. The molecule has 1 aromatic carbocycles. The molecule has 4 aliphatic rings. The third-order valence-corrected chi connectivity index (χ3v) is 6.22. The largest absolute Gasteiger partial charge is 0.371 e. The van der Waals surface area contributed by atoms with Crippen LogP contribution in [0.15, 0.2) is 47.2 Å². The Bertz CT molecular complexity index is 832. The molecule has 0 spiro atoms. The molecule has 0 saturated heterocycles. The van der Waals surface area contributed by atoms with Gasteiger partial charge in [0.2, 0.25) is 5.91 Å². The first-order valence-corrected chi connectivity index (χ1v) is 9.93. The monoisotopic (exact) mass is 347 g/mol. The SMILES string of the molecule is O=C1CCC(c2ccc3c(c2)CCN(C2=CC=C2)CC3)=NN1C1CCC1. The van der Waals surface area contributed by atoms with Crippen molar-refractivity contribution in [3.05, 3.63) is 58.8 Å². The molecule has 1 aromatic rings. The molecule has 1 saturated carbocycles. The number of hydrogen-bond donors (Lipinski definition) is 0. The molecule has 2 heterocycles. The van der Waals surface area contributed by atoms with Gasteiger partial charge < -0.3 is 4.90 Å². The highest BCUT2D eigenvalue weighted by Crippen LogP contribution is 2.29. The lowest BCUT2D eigenvalue weighted by Gasteiger charge is -2.36. The standard InChI is InChI=1S/C22H25N3O/c26-22-10-9-21(23-25(22)20-5-2-6-20)18-8-7-16-11-13-24(19-3-1-4-19)14-12-17(16)15-18/h1,3-4,7-8,15,20H,2,5-6,9-14H2. The van der Waals surface area contributed by atoms with Crippen molar-refractivity contribution in [3.63, 3.8) is 0 Å². The summed E-state index contributed by atoms with van der Waals surface area (Å²) >= 11 is 0. The summed E-state index contributed by atoms with van der Waals surface area (Å²) in [7, 11) is 0. The Morgan fingerprint density at radius 3 is 2.50 bits per heavy atom. The van der Waals surface area contributed by atoms with Crippen LogP contribution < -0.4 is 0 Å². The molecule has 134 valence electrons. The molecule has 5 rings (SSSR count). The van der Waals surface area contributed by atoms with E-state index < -0.39 is 0 Å². The average Bonchev–Trinajstić information content (AvgIpc) is 2.76. The molecule has 0 bridgehead atoms. The van der Waals surface area contributed by atoms with Gasteiger partial charge in [-0.2, -0.15) is 5.10 Å². The quantitative estimate of drug-likeness (QED) is 0.840. The number of allylic oxidation sites excluding steroid dienone is 3. The van der Waals surface area contributed by atoms with E-state index in [0.29, 0.717) is 12.5 Å². The molecule has 4 nitrogen and oxygen atoms in total. The van der Waals surface area contributed by atoms with Crippen molar-refractivity contribution in [2.24, 2.45) is 5.10 Å². The average molecular weight is 347 g/mol. The fourth-order valence-corrected chi connectivity index (χ4v) is 4.25. The molecule has 0 aromatic heterocycles. The van der Waals surface area contributed by atoms with E-state index >= 15 is 0 Å². The van der Waals surface area contributed by atoms with Gasteiger partial charge in [-0.25, -0.2) is 5.01 Å². The summed E-state index contributed by atoms with van der Waals surface area (Å²) in [6.07, 6.45) is 13.5. The molecular weight excluding hydrogens is 322 g/mol. The van der Waals surface area contributed by atoms with Crippen LogP contribution in [-0.2, 0) is 17.6 Å². The maximum Gasteiger partial charge on any atom is 0.243 e. The van der Waals surface area contributed by atoms with Gasteiger partial charge in [-0.3, -0.25) is 4.79 Å². The van der Waals surface area contributed by atoms with E-state index in [0.717, 1.165) is 50.9 Å². The maximum absolute atomic E-state index is 12.2. The maximum atomic E-state index is 12.2. The number of rotatable bonds is 3. The Balaban J connectivity index is 1.38. The van der Waals surface area contributed by atoms with E-state index in [1.165, 1.54) is 28.8 Å². The van der Waals surface area contributed by atoms with Crippen LogP contribution in [0.5, 0.6) is 0 Å². The number of hydrogen-bond acceptors (Lipinski definition) is 3. The van der Waals surface area contributed by atoms with Crippen LogP contribution in [0.25, 0.3) is 0 Å². The summed E-state index contributed by atoms with van der Waals surface area (Å²) in [6.45, 7) is 2.17. The van der Waals surface area contributed by atoms with Crippen molar-refractivity contribution < 1.29 is 4.79 Å². The van der Waals surface area contributed by atoms with Crippen LogP contribution in [-0.4, -0.2) is 40.7 Å². The van der Waals surface area contributed by atoms with Crippen molar-refractivity contribution in [2.75, 3.05) is 13.1 Å². The Hall–Kier alpha value is -2.36. The Morgan fingerprint density at radius 2 is 1.81 bits per heavy atom. The number of fused-ring (bicyclic) bond motifs is 1. The minimum absolute atomic E-state index is 0.200. The first-order valence-electron chi connectivity index (χ1n) is 9.93. The normalized spacial score (nSPS) is 22.8. The summed E-state index contributed by atoms with van der Waals surface area (Å²) in [5.74, 6) is 0.200. The second kappa shape index (κ2) is 6.42. The number of carbonyl (C=O) groups is 1. The summed E-state index contributed by atoms with van der Waals surface area (Å²) in [5.41, 5.74) is 6.57. The predicted octanol–water partition coefficient (Wildman–Crippen LogP) is 3.42. The third kappa shape index (κ3) is 2.77. The molecule has 2 aliphatic heterocycles. The van der Waals surface area contributed by atoms with Gasteiger partial charge in [-0.05, 0) is 67.0 Å². The van der Waals surface area contributed by atoms with Crippen molar-refractivity contribution in [1.29, 1.82) is 0 Å². The van der Waals surface area contributed by atoms with Crippen molar-refractivity contribution in [3.8, 4) is 0 Å². The van der Waals surface area contributed by atoms with E-state index in [9.17, 15) is 4.79 Å². The zero-order chi connectivity index (χ0) is 17.5. The zero-order valence-electron chi connectivity index (χ0n) is 15.2. The molecule has 1 amide bonds. The Labute approximate surface area is 154 Å². The van der Waals surface area contributed by atoms with Crippen molar-refractivity contribution >= 4 is 11.6 Å². The molecule has 0 N–H and O–H groups in total. The highest BCUT2D eigenvalue weighted by Gasteiger charge is 2.32. The molecule has 2 aliphatic carbocycles. The Morgan fingerprint density at radius 1 is 1.00 bits per heavy atom. The lowest BCUT2D eigenvalue weighted by molar-refractivity contribution is -0.135. The molecule has 4 heteroatoms. The number of hydrazone groups is 1. The first-order chi connectivity index (χ1) is 12.8. The van der Waals surface area contributed by atoms with Gasteiger partial charge in [0.15, 0.2) is 0 Å².